The highest BCUT2D eigenvalue weighted by Gasteiger charge is 2.04. The monoisotopic (exact) mass is 298 g/mol. The van der Waals surface area contributed by atoms with Gasteiger partial charge in [0.05, 0.1) is 0 Å². The van der Waals surface area contributed by atoms with Crippen molar-refractivity contribution in [1.29, 1.82) is 0 Å². The number of halogens is 2. The van der Waals surface area contributed by atoms with E-state index in [0.29, 0.717) is 17.5 Å². The summed E-state index contributed by atoms with van der Waals surface area (Å²) in [5, 5.41) is 0. The van der Waals surface area contributed by atoms with Crippen molar-refractivity contribution >= 4 is 5.78 Å². The Kier molecular flexibility index (Phi) is 5.43. The van der Waals surface area contributed by atoms with Gasteiger partial charge in [-0.15, -0.1) is 0 Å². The van der Waals surface area contributed by atoms with E-state index >= 15 is 0 Å². The van der Waals surface area contributed by atoms with Crippen LogP contribution in [0.5, 0.6) is 0 Å². The van der Waals surface area contributed by atoms with Crippen molar-refractivity contribution in [3.63, 3.8) is 0 Å². The Morgan fingerprint density at radius 3 is 2.14 bits per heavy atom. The molecule has 2 aromatic rings. The molecule has 0 radical (unpaired) electrons. The fraction of sp³-hybridized carbons (Fsp3) is 0.211. The van der Waals surface area contributed by atoms with E-state index in [1.807, 2.05) is 6.92 Å². The number of hydrogen-bond acceptors (Lipinski definition) is 1. The first-order chi connectivity index (χ1) is 10.6. The number of carbonyl (C=O) groups is 1. The number of Topliss-reactive ketones (excluding diaryl/α,β-unsaturated/α-hetero) is 1. The average Bonchev–Trinajstić information content (AvgIpc) is 2.50. The second kappa shape index (κ2) is 7.51. The summed E-state index contributed by atoms with van der Waals surface area (Å²) >= 11 is 0. The fourth-order valence-corrected chi connectivity index (χ4v) is 1.99. The Morgan fingerprint density at radius 2 is 1.55 bits per heavy atom. The molecule has 0 N–H and O–H groups in total. The summed E-state index contributed by atoms with van der Waals surface area (Å²) < 4.78 is 26.1. The molecule has 0 spiro atoms. The van der Waals surface area contributed by atoms with Crippen LogP contribution in [-0.4, -0.2) is 5.78 Å². The lowest BCUT2D eigenvalue weighted by atomic mass is 10.0. The maximum absolute atomic E-state index is 13.1. The zero-order valence-electron chi connectivity index (χ0n) is 12.3. The topological polar surface area (TPSA) is 17.1 Å². The van der Waals surface area contributed by atoms with E-state index < -0.39 is 11.6 Å². The van der Waals surface area contributed by atoms with Crippen LogP contribution in [0, 0.1) is 23.5 Å². The molecule has 0 unspecified atom stereocenters. The predicted molar refractivity (Wildman–Crippen MR) is 82.6 cm³/mol. The Labute approximate surface area is 129 Å². The van der Waals surface area contributed by atoms with Crippen LogP contribution in [0.4, 0.5) is 8.78 Å². The lowest BCUT2D eigenvalue weighted by molar-refractivity contribution is 0.0980. The number of rotatable bonds is 4. The van der Waals surface area contributed by atoms with Gasteiger partial charge in [-0.25, -0.2) is 8.78 Å². The summed E-state index contributed by atoms with van der Waals surface area (Å²) in [5.74, 6) is 4.36. The third-order valence-corrected chi connectivity index (χ3v) is 3.18. The van der Waals surface area contributed by atoms with Crippen molar-refractivity contribution < 1.29 is 13.6 Å². The molecule has 0 aliphatic rings. The lowest BCUT2D eigenvalue weighted by Crippen LogP contribution is -1.98. The molecule has 0 aromatic heterocycles. The van der Waals surface area contributed by atoms with Gasteiger partial charge in [0, 0.05) is 29.2 Å². The molecule has 2 rings (SSSR count). The molecular formula is C19H16F2O. The zero-order chi connectivity index (χ0) is 15.9. The first-order valence-corrected chi connectivity index (χ1v) is 7.20. The van der Waals surface area contributed by atoms with Crippen LogP contribution in [-0.2, 0) is 0 Å². The zero-order valence-corrected chi connectivity index (χ0v) is 12.3. The highest BCUT2D eigenvalue weighted by Crippen LogP contribution is 2.10. The minimum absolute atomic E-state index is 0.119. The standard InChI is InChI=1S/C19H16F2O/c1-2-3-4-19(22)16-9-7-14(8-10-16)5-6-15-11-17(20)13-18(21)12-15/h7-13H,2-4H2,1H3. The van der Waals surface area contributed by atoms with E-state index in [1.165, 1.54) is 12.1 Å². The Morgan fingerprint density at radius 1 is 0.955 bits per heavy atom. The average molecular weight is 298 g/mol. The molecule has 0 saturated carbocycles. The van der Waals surface area contributed by atoms with Gasteiger partial charge in [-0.3, -0.25) is 4.79 Å². The molecule has 22 heavy (non-hydrogen) atoms. The van der Waals surface area contributed by atoms with Gasteiger partial charge in [-0.05, 0) is 30.7 Å². The van der Waals surface area contributed by atoms with Crippen molar-refractivity contribution in [2.24, 2.45) is 0 Å². The molecule has 0 amide bonds. The largest absolute Gasteiger partial charge is 0.294 e. The van der Waals surface area contributed by atoms with E-state index in [-0.39, 0.29) is 11.3 Å². The summed E-state index contributed by atoms with van der Waals surface area (Å²) in [6.07, 6.45) is 2.41. The Balaban J connectivity index is 2.12. The molecule has 0 saturated heterocycles. The number of carbonyl (C=O) groups excluding carboxylic acids is 1. The van der Waals surface area contributed by atoms with Crippen LogP contribution in [0.3, 0.4) is 0 Å². The summed E-state index contributed by atoms with van der Waals surface area (Å²) in [7, 11) is 0. The molecule has 0 bridgehead atoms. The second-order valence-corrected chi connectivity index (χ2v) is 5.01. The molecule has 0 aliphatic carbocycles. The first-order valence-electron chi connectivity index (χ1n) is 7.20. The van der Waals surface area contributed by atoms with Crippen molar-refractivity contribution in [1.82, 2.24) is 0 Å². The maximum atomic E-state index is 13.1. The second-order valence-electron chi connectivity index (χ2n) is 5.01. The molecular weight excluding hydrogens is 282 g/mol. The van der Waals surface area contributed by atoms with Gasteiger partial charge in [0.2, 0.25) is 0 Å². The Hall–Kier alpha value is -2.47. The highest BCUT2D eigenvalue weighted by atomic mass is 19.1. The van der Waals surface area contributed by atoms with Crippen LogP contribution >= 0.6 is 0 Å². The molecule has 0 atom stereocenters. The van der Waals surface area contributed by atoms with Crippen LogP contribution in [0.25, 0.3) is 0 Å². The smallest absolute Gasteiger partial charge is 0.162 e. The SMILES string of the molecule is CCCCC(=O)c1ccc(C#Cc2cc(F)cc(F)c2)cc1. The molecule has 112 valence electrons. The van der Waals surface area contributed by atoms with Crippen molar-refractivity contribution in [2.75, 3.05) is 0 Å². The van der Waals surface area contributed by atoms with Gasteiger partial charge in [-0.1, -0.05) is 37.3 Å². The van der Waals surface area contributed by atoms with E-state index in [9.17, 15) is 13.6 Å². The van der Waals surface area contributed by atoms with Crippen LogP contribution in [0.15, 0.2) is 42.5 Å². The first kappa shape index (κ1) is 15.9. The van der Waals surface area contributed by atoms with Crippen LogP contribution in [0.2, 0.25) is 0 Å². The normalized spacial score (nSPS) is 9.95. The maximum Gasteiger partial charge on any atom is 0.162 e. The fourth-order valence-electron chi connectivity index (χ4n) is 1.99. The van der Waals surface area contributed by atoms with Gasteiger partial charge >= 0.3 is 0 Å². The molecule has 1 nitrogen and oxygen atoms in total. The van der Waals surface area contributed by atoms with Crippen molar-refractivity contribution in [2.45, 2.75) is 26.2 Å². The third kappa shape index (κ3) is 4.53. The Bertz CT molecular complexity index is 701. The van der Waals surface area contributed by atoms with E-state index in [1.54, 1.807) is 24.3 Å². The number of unbranched alkanes of at least 4 members (excludes halogenated alkanes) is 1. The number of hydrogen-bond donors (Lipinski definition) is 0. The molecule has 0 heterocycles. The predicted octanol–water partition coefficient (Wildman–Crippen LogP) is 4.74. The van der Waals surface area contributed by atoms with Gasteiger partial charge in [0.25, 0.3) is 0 Å². The van der Waals surface area contributed by atoms with Crippen molar-refractivity contribution in [3.05, 3.63) is 70.8 Å². The number of benzene rings is 2. The summed E-state index contributed by atoms with van der Waals surface area (Å²) in [4.78, 5) is 11.8. The van der Waals surface area contributed by atoms with E-state index in [2.05, 4.69) is 11.8 Å². The minimum Gasteiger partial charge on any atom is -0.294 e. The van der Waals surface area contributed by atoms with Crippen LogP contribution < -0.4 is 0 Å². The van der Waals surface area contributed by atoms with Gasteiger partial charge in [0.1, 0.15) is 11.6 Å². The molecule has 0 aliphatic heterocycles. The summed E-state index contributed by atoms with van der Waals surface area (Å²) in [6, 6.07) is 10.1. The van der Waals surface area contributed by atoms with Gasteiger partial charge in [-0.2, -0.15) is 0 Å². The lowest BCUT2D eigenvalue weighted by Gasteiger charge is -2.00. The third-order valence-electron chi connectivity index (χ3n) is 3.18. The summed E-state index contributed by atoms with van der Waals surface area (Å²) in [5.41, 5.74) is 1.63. The van der Waals surface area contributed by atoms with E-state index in [4.69, 9.17) is 0 Å². The van der Waals surface area contributed by atoms with Crippen molar-refractivity contribution in [3.8, 4) is 11.8 Å². The quantitative estimate of drug-likeness (QED) is 0.588. The molecule has 0 fully saturated rings. The summed E-state index contributed by atoms with van der Waals surface area (Å²) in [6.45, 7) is 2.04. The molecule has 3 heteroatoms. The minimum atomic E-state index is -0.652. The molecule has 2 aromatic carbocycles. The van der Waals surface area contributed by atoms with Gasteiger partial charge < -0.3 is 0 Å². The highest BCUT2D eigenvalue weighted by molar-refractivity contribution is 5.96. The van der Waals surface area contributed by atoms with E-state index in [0.717, 1.165) is 18.9 Å². The number of ketones is 1. The van der Waals surface area contributed by atoms with Gasteiger partial charge in [0.15, 0.2) is 5.78 Å². The van der Waals surface area contributed by atoms with Crippen LogP contribution in [0.1, 0.15) is 47.7 Å².